The maximum atomic E-state index is 12.4. The summed E-state index contributed by atoms with van der Waals surface area (Å²) in [6.07, 6.45) is 1.76. The van der Waals surface area contributed by atoms with E-state index in [9.17, 15) is 13.2 Å². The van der Waals surface area contributed by atoms with E-state index in [0.29, 0.717) is 11.3 Å². The summed E-state index contributed by atoms with van der Waals surface area (Å²) in [6.45, 7) is 4.49. The van der Waals surface area contributed by atoms with Crippen molar-refractivity contribution < 1.29 is 13.2 Å². The third kappa shape index (κ3) is 5.79. The Kier molecular flexibility index (Phi) is 6.89. The summed E-state index contributed by atoms with van der Waals surface area (Å²) in [6, 6.07) is 15.0. The molecule has 0 atom stereocenters. The molecule has 0 radical (unpaired) electrons. The van der Waals surface area contributed by atoms with Crippen molar-refractivity contribution >= 4 is 21.7 Å². The minimum Gasteiger partial charge on any atom is -0.335 e. The van der Waals surface area contributed by atoms with E-state index in [0.717, 1.165) is 32.5 Å². The van der Waals surface area contributed by atoms with E-state index in [1.54, 1.807) is 19.1 Å². The number of sulfonamides is 1. The van der Waals surface area contributed by atoms with Crippen LogP contribution in [-0.4, -0.2) is 45.5 Å². The molecule has 2 amide bonds. The van der Waals surface area contributed by atoms with Crippen LogP contribution in [0.2, 0.25) is 0 Å². The Bertz CT molecular complexity index is 940. The van der Waals surface area contributed by atoms with E-state index in [1.165, 1.54) is 18.7 Å². The monoisotopic (exact) mass is 416 g/mol. The summed E-state index contributed by atoms with van der Waals surface area (Å²) in [4.78, 5) is 14.9. The van der Waals surface area contributed by atoms with E-state index in [4.69, 9.17) is 0 Å². The number of hydrogen-bond acceptors (Lipinski definition) is 4. The Balaban J connectivity index is 1.51. The van der Waals surface area contributed by atoms with Crippen molar-refractivity contribution in [2.24, 2.45) is 0 Å². The Morgan fingerprint density at radius 2 is 1.79 bits per heavy atom. The number of aryl methyl sites for hydroxylation is 1. The Morgan fingerprint density at radius 3 is 2.45 bits per heavy atom. The van der Waals surface area contributed by atoms with Gasteiger partial charge in [-0.3, -0.25) is 4.90 Å². The number of urea groups is 1. The van der Waals surface area contributed by atoms with Crippen LogP contribution in [0, 0.1) is 6.92 Å². The minimum absolute atomic E-state index is 0.105. The molecule has 0 unspecified atom stereocenters. The fourth-order valence-corrected chi connectivity index (χ4v) is 4.50. The van der Waals surface area contributed by atoms with Gasteiger partial charge in [-0.25, -0.2) is 17.9 Å². The number of anilines is 1. The van der Waals surface area contributed by atoms with Crippen molar-refractivity contribution in [1.29, 1.82) is 0 Å². The van der Waals surface area contributed by atoms with Crippen molar-refractivity contribution in [3.8, 4) is 0 Å². The largest absolute Gasteiger partial charge is 0.335 e. The minimum atomic E-state index is -3.57. The zero-order chi connectivity index (χ0) is 20.9. The molecule has 7 nitrogen and oxygen atoms in total. The lowest BCUT2D eigenvalue weighted by atomic mass is 10.0. The topological polar surface area (TPSA) is 90.5 Å². The van der Waals surface area contributed by atoms with E-state index in [1.807, 2.05) is 18.2 Å². The first-order valence-corrected chi connectivity index (χ1v) is 11.2. The van der Waals surface area contributed by atoms with Crippen molar-refractivity contribution in [3.05, 3.63) is 59.7 Å². The summed E-state index contributed by atoms with van der Waals surface area (Å²) in [5.74, 6) is 0. The van der Waals surface area contributed by atoms with Crippen LogP contribution in [-0.2, 0) is 16.6 Å². The quantitative estimate of drug-likeness (QED) is 0.675. The highest BCUT2D eigenvalue weighted by molar-refractivity contribution is 7.89. The van der Waals surface area contributed by atoms with Gasteiger partial charge < -0.3 is 10.6 Å². The Labute approximate surface area is 172 Å². The molecule has 8 heteroatoms. The fourth-order valence-electron chi connectivity index (χ4n) is 3.51. The summed E-state index contributed by atoms with van der Waals surface area (Å²) < 4.78 is 26.5. The van der Waals surface area contributed by atoms with Gasteiger partial charge in [0.15, 0.2) is 0 Å². The fraction of sp³-hybridized carbons (Fsp3) is 0.381. The number of benzene rings is 2. The number of rotatable bonds is 6. The second kappa shape index (κ2) is 9.39. The second-order valence-corrected chi connectivity index (χ2v) is 9.18. The molecule has 0 aliphatic carbocycles. The zero-order valence-corrected chi connectivity index (χ0v) is 17.6. The van der Waals surface area contributed by atoms with Crippen LogP contribution in [0.3, 0.4) is 0 Å². The van der Waals surface area contributed by atoms with Gasteiger partial charge in [0.2, 0.25) is 10.0 Å². The zero-order valence-electron chi connectivity index (χ0n) is 16.8. The molecule has 0 bridgehead atoms. The molecule has 1 aliphatic heterocycles. The predicted molar refractivity (Wildman–Crippen MR) is 114 cm³/mol. The smallest absolute Gasteiger partial charge is 0.319 e. The van der Waals surface area contributed by atoms with Gasteiger partial charge in [0.05, 0.1) is 4.90 Å². The summed E-state index contributed by atoms with van der Waals surface area (Å²) in [5.41, 5.74) is 2.36. The summed E-state index contributed by atoms with van der Waals surface area (Å²) in [7, 11) is -2.21. The molecular formula is C21H28N4O3S. The average molecular weight is 417 g/mol. The lowest BCUT2D eigenvalue weighted by Crippen LogP contribution is -2.45. The van der Waals surface area contributed by atoms with Gasteiger partial charge in [-0.15, -0.1) is 0 Å². The van der Waals surface area contributed by atoms with E-state index >= 15 is 0 Å². The van der Waals surface area contributed by atoms with Crippen LogP contribution in [0.1, 0.15) is 24.0 Å². The molecule has 29 heavy (non-hydrogen) atoms. The summed E-state index contributed by atoms with van der Waals surface area (Å²) >= 11 is 0. The van der Waals surface area contributed by atoms with Gasteiger partial charge in [-0.1, -0.05) is 36.4 Å². The van der Waals surface area contributed by atoms with Crippen LogP contribution in [0.25, 0.3) is 0 Å². The first kappa shape index (κ1) is 21.3. The summed E-state index contributed by atoms with van der Waals surface area (Å²) in [5, 5.41) is 5.74. The maximum absolute atomic E-state index is 12.4. The van der Waals surface area contributed by atoms with Gasteiger partial charge in [0.25, 0.3) is 0 Å². The first-order valence-electron chi connectivity index (χ1n) is 9.75. The average Bonchev–Trinajstić information content (AvgIpc) is 2.71. The number of hydrogen-bond donors (Lipinski definition) is 3. The van der Waals surface area contributed by atoms with Crippen LogP contribution in [0.5, 0.6) is 0 Å². The first-order chi connectivity index (χ1) is 13.9. The van der Waals surface area contributed by atoms with Gasteiger partial charge in [0.1, 0.15) is 0 Å². The lowest BCUT2D eigenvalue weighted by molar-refractivity contribution is 0.190. The second-order valence-electron chi connectivity index (χ2n) is 7.32. The Hall–Kier alpha value is -2.42. The number of piperidine rings is 1. The standard InChI is InChI=1S/C21H28N4O3S/c1-16-8-9-19(14-20(16)29(27,28)22-2)24-21(26)23-18-10-12-25(13-11-18)15-17-6-4-3-5-7-17/h3-9,14,18,22H,10-13,15H2,1-2H3,(H2,23,24,26). The van der Waals surface area contributed by atoms with E-state index in [-0.39, 0.29) is 17.0 Å². The van der Waals surface area contributed by atoms with Crippen LogP contribution >= 0.6 is 0 Å². The molecule has 0 spiro atoms. The predicted octanol–water partition coefficient (Wildman–Crippen LogP) is 2.69. The van der Waals surface area contributed by atoms with Crippen molar-refractivity contribution in [2.45, 2.75) is 37.2 Å². The van der Waals surface area contributed by atoms with Crippen molar-refractivity contribution in [1.82, 2.24) is 14.9 Å². The number of nitrogens with zero attached hydrogens (tertiary/aromatic N) is 1. The van der Waals surface area contributed by atoms with E-state index < -0.39 is 10.0 Å². The molecule has 0 aromatic heterocycles. The molecule has 1 fully saturated rings. The number of likely N-dealkylation sites (tertiary alicyclic amines) is 1. The molecular weight excluding hydrogens is 388 g/mol. The number of carbonyl (C=O) groups is 1. The third-order valence-corrected chi connectivity index (χ3v) is 6.73. The number of nitrogens with one attached hydrogen (secondary N) is 3. The van der Waals surface area contributed by atoms with Gasteiger partial charge >= 0.3 is 6.03 Å². The van der Waals surface area contributed by atoms with Crippen LogP contribution in [0.4, 0.5) is 10.5 Å². The molecule has 3 rings (SSSR count). The van der Waals surface area contributed by atoms with Crippen molar-refractivity contribution in [2.75, 3.05) is 25.5 Å². The van der Waals surface area contributed by atoms with Gasteiger partial charge in [0, 0.05) is 31.4 Å². The third-order valence-electron chi connectivity index (χ3n) is 5.18. The normalized spacial score (nSPS) is 15.8. The SMILES string of the molecule is CNS(=O)(=O)c1cc(NC(=O)NC2CCN(Cc3ccccc3)CC2)ccc1C. The highest BCUT2D eigenvalue weighted by Gasteiger charge is 2.21. The molecule has 0 saturated carbocycles. The van der Waals surface area contributed by atoms with E-state index in [2.05, 4.69) is 32.4 Å². The molecule has 2 aromatic carbocycles. The molecule has 1 saturated heterocycles. The maximum Gasteiger partial charge on any atom is 0.319 e. The van der Waals surface area contributed by atoms with Gasteiger partial charge in [-0.05, 0) is 50.1 Å². The van der Waals surface area contributed by atoms with Crippen LogP contribution in [0.15, 0.2) is 53.4 Å². The van der Waals surface area contributed by atoms with Crippen molar-refractivity contribution in [3.63, 3.8) is 0 Å². The lowest BCUT2D eigenvalue weighted by Gasteiger charge is -2.32. The van der Waals surface area contributed by atoms with Crippen LogP contribution < -0.4 is 15.4 Å². The van der Waals surface area contributed by atoms with Gasteiger partial charge in [-0.2, -0.15) is 0 Å². The molecule has 156 valence electrons. The molecule has 3 N–H and O–H groups in total. The molecule has 1 heterocycles. The molecule has 1 aliphatic rings. The molecule has 2 aromatic rings. The number of amides is 2. The highest BCUT2D eigenvalue weighted by Crippen LogP contribution is 2.20. The highest BCUT2D eigenvalue weighted by atomic mass is 32.2. The number of carbonyl (C=O) groups excluding carboxylic acids is 1. The Morgan fingerprint density at radius 1 is 1.10 bits per heavy atom.